The SMILES string of the molecule is CC1(C)Cc2nc(C3CCOCC3)c(C(O)c3ccc(C(F)(F)F)cc3)c(C3=CCCC3)c2C(O)C1. The number of pyridine rings is 1. The third-order valence-corrected chi connectivity index (χ3v) is 7.90. The Bertz CT molecular complexity index is 1150. The van der Waals surface area contributed by atoms with Crippen LogP contribution in [0.1, 0.15) is 110 Å². The maximum Gasteiger partial charge on any atom is 0.416 e. The molecule has 3 aliphatic rings. The van der Waals surface area contributed by atoms with Gasteiger partial charge in [0.05, 0.1) is 17.4 Å². The molecule has 1 fully saturated rings. The normalized spacial score (nSPS) is 23.3. The van der Waals surface area contributed by atoms with E-state index in [0.717, 1.165) is 78.7 Å². The number of nitrogens with zero attached hydrogens (tertiary/aromatic N) is 1. The molecule has 1 aromatic heterocycles. The Morgan fingerprint density at radius 1 is 1.11 bits per heavy atom. The minimum Gasteiger partial charge on any atom is -0.388 e. The fourth-order valence-electron chi connectivity index (χ4n) is 6.15. The van der Waals surface area contributed by atoms with E-state index in [-0.39, 0.29) is 11.3 Å². The predicted octanol–water partition coefficient (Wildman–Crippen LogP) is 6.65. The summed E-state index contributed by atoms with van der Waals surface area (Å²) in [5, 5.41) is 23.1. The molecule has 1 saturated heterocycles. The van der Waals surface area contributed by atoms with Gasteiger partial charge in [-0.1, -0.05) is 32.1 Å². The summed E-state index contributed by atoms with van der Waals surface area (Å²) in [6.07, 6.45) is 1.49. The van der Waals surface area contributed by atoms with E-state index in [0.29, 0.717) is 30.8 Å². The maximum absolute atomic E-state index is 13.2. The molecule has 194 valence electrons. The molecule has 0 spiro atoms. The van der Waals surface area contributed by atoms with E-state index in [1.54, 1.807) is 0 Å². The summed E-state index contributed by atoms with van der Waals surface area (Å²) < 4.78 is 45.2. The van der Waals surface area contributed by atoms with E-state index in [1.807, 2.05) is 0 Å². The lowest BCUT2D eigenvalue weighted by Gasteiger charge is -2.38. The monoisotopic (exact) mass is 501 g/mol. The zero-order valence-corrected chi connectivity index (χ0v) is 20.9. The lowest BCUT2D eigenvalue weighted by atomic mass is 9.71. The van der Waals surface area contributed by atoms with E-state index in [9.17, 15) is 23.4 Å². The highest BCUT2D eigenvalue weighted by Crippen LogP contribution is 2.49. The summed E-state index contributed by atoms with van der Waals surface area (Å²) in [5.41, 5.74) is 4.62. The summed E-state index contributed by atoms with van der Waals surface area (Å²) in [7, 11) is 0. The van der Waals surface area contributed by atoms with Crippen molar-refractivity contribution in [2.24, 2.45) is 5.41 Å². The van der Waals surface area contributed by atoms with Gasteiger partial charge in [-0.2, -0.15) is 13.2 Å². The number of fused-ring (bicyclic) bond motifs is 1. The highest BCUT2D eigenvalue weighted by atomic mass is 19.4. The minimum absolute atomic E-state index is 0.0751. The molecule has 36 heavy (non-hydrogen) atoms. The number of ether oxygens (including phenoxy) is 1. The van der Waals surface area contributed by atoms with Gasteiger partial charge in [0.1, 0.15) is 6.10 Å². The standard InChI is InChI=1S/C29H34F3NO3/c1-28(2)15-21-24(22(34)16-28)23(17-5-3-4-6-17)25(26(33-21)18-11-13-36-14-12-18)27(35)19-7-9-20(10-8-19)29(30,31)32/h5,7-10,18,22,27,34-35H,3-4,6,11-16H2,1-2H3. The molecule has 0 saturated carbocycles. The van der Waals surface area contributed by atoms with Gasteiger partial charge in [-0.15, -0.1) is 0 Å². The van der Waals surface area contributed by atoms with Crippen LogP contribution in [0.2, 0.25) is 0 Å². The van der Waals surface area contributed by atoms with Gasteiger partial charge < -0.3 is 14.9 Å². The summed E-state index contributed by atoms with van der Waals surface area (Å²) in [5.74, 6) is 0.0751. The maximum atomic E-state index is 13.2. The second kappa shape index (κ2) is 9.58. The second-order valence-electron chi connectivity index (χ2n) is 11.2. The molecule has 2 heterocycles. The Hall–Kier alpha value is -2.22. The predicted molar refractivity (Wildman–Crippen MR) is 131 cm³/mol. The van der Waals surface area contributed by atoms with Crippen molar-refractivity contribution in [3.05, 3.63) is 69.5 Å². The summed E-state index contributed by atoms with van der Waals surface area (Å²) >= 11 is 0. The highest BCUT2D eigenvalue weighted by molar-refractivity contribution is 5.75. The van der Waals surface area contributed by atoms with Crippen LogP contribution in [-0.4, -0.2) is 28.4 Å². The first-order valence-electron chi connectivity index (χ1n) is 12.9. The number of allylic oxidation sites excluding steroid dienone is 2. The molecular formula is C29H34F3NO3. The van der Waals surface area contributed by atoms with Crippen molar-refractivity contribution in [2.45, 2.75) is 83.1 Å². The number of aliphatic hydroxyl groups is 2. The molecule has 1 aromatic carbocycles. The van der Waals surface area contributed by atoms with Gasteiger partial charge in [0.15, 0.2) is 0 Å². The number of benzene rings is 1. The molecule has 2 aromatic rings. The molecular weight excluding hydrogens is 467 g/mol. The summed E-state index contributed by atoms with van der Waals surface area (Å²) in [4.78, 5) is 5.14. The molecule has 1 aliphatic heterocycles. The fourth-order valence-corrected chi connectivity index (χ4v) is 6.15. The number of hydrogen-bond donors (Lipinski definition) is 2. The van der Waals surface area contributed by atoms with Gasteiger partial charge in [0.25, 0.3) is 0 Å². The van der Waals surface area contributed by atoms with Gasteiger partial charge >= 0.3 is 6.18 Å². The molecule has 4 nitrogen and oxygen atoms in total. The van der Waals surface area contributed by atoms with Crippen LogP contribution in [0.3, 0.4) is 0 Å². The average Bonchev–Trinajstić information content (AvgIpc) is 3.36. The molecule has 0 amide bonds. The molecule has 0 bridgehead atoms. The van der Waals surface area contributed by atoms with Crippen LogP contribution < -0.4 is 0 Å². The van der Waals surface area contributed by atoms with Crippen LogP contribution in [-0.2, 0) is 17.3 Å². The third kappa shape index (κ3) is 4.85. The van der Waals surface area contributed by atoms with Crippen molar-refractivity contribution in [1.29, 1.82) is 0 Å². The van der Waals surface area contributed by atoms with Crippen molar-refractivity contribution in [3.63, 3.8) is 0 Å². The molecule has 2 N–H and O–H groups in total. The number of alkyl halides is 3. The van der Waals surface area contributed by atoms with Crippen molar-refractivity contribution >= 4 is 5.57 Å². The van der Waals surface area contributed by atoms with E-state index >= 15 is 0 Å². The van der Waals surface area contributed by atoms with E-state index in [4.69, 9.17) is 9.72 Å². The zero-order chi connectivity index (χ0) is 25.7. The number of aromatic nitrogens is 1. The first kappa shape index (κ1) is 25.4. The van der Waals surface area contributed by atoms with Gasteiger partial charge in [0.2, 0.25) is 0 Å². The third-order valence-electron chi connectivity index (χ3n) is 7.90. The Labute approximate surface area is 210 Å². The lowest BCUT2D eigenvalue weighted by molar-refractivity contribution is -0.137. The van der Waals surface area contributed by atoms with Crippen LogP contribution in [0.4, 0.5) is 13.2 Å². The first-order valence-corrected chi connectivity index (χ1v) is 12.9. The lowest BCUT2D eigenvalue weighted by Crippen LogP contribution is -2.30. The van der Waals surface area contributed by atoms with Gasteiger partial charge in [-0.25, -0.2) is 0 Å². The van der Waals surface area contributed by atoms with Crippen molar-refractivity contribution in [1.82, 2.24) is 4.98 Å². The van der Waals surface area contributed by atoms with Crippen LogP contribution >= 0.6 is 0 Å². The van der Waals surface area contributed by atoms with E-state index in [2.05, 4.69) is 19.9 Å². The Kier molecular flexibility index (Phi) is 6.77. The van der Waals surface area contributed by atoms with E-state index < -0.39 is 23.9 Å². The number of hydrogen-bond acceptors (Lipinski definition) is 4. The van der Waals surface area contributed by atoms with Crippen LogP contribution in [0.5, 0.6) is 0 Å². The molecule has 5 rings (SSSR count). The van der Waals surface area contributed by atoms with Crippen molar-refractivity contribution in [3.8, 4) is 0 Å². The number of aliphatic hydroxyl groups excluding tert-OH is 2. The quantitative estimate of drug-likeness (QED) is 0.492. The second-order valence-corrected chi connectivity index (χ2v) is 11.2. The van der Waals surface area contributed by atoms with Crippen molar-refractivity contribution in [2.75, 3.05) is 13.2 Å². The van der Waals surface area contributed by atoms with Gasteiger partial charge in [-0.3, -0.25) is 4.98 Å². The van der Waals surface area contributed by atoms with Gasteiger partial charge in [-0.05, 0) is 79.2 Å². The Morgan fingerprint density at radius 2 is 1.81 bits per heavy atom. The van der Waals surface area contributed by atoms with Crippen LogP contribution in [0.15, 0.2) is 30.3 Å². The molecule has 2 atom stereocenters. The topological polar surface area (TPSA) is 62.6 Å². The Morgan fingerprint density at radius 3 is 2.42 bits per heavy atom. The van der Waals surface area contributed by atoms with E-state index in [1.165, 1.54) is 12.1 Å². The van der Waals surface area contributed by atoms with Crippen molar-refractivity contribution < 1.29 is 28.1 Å². The van der Waals surface area contributed by atoms with Crippen LogP contribution in [0.25, 0.3) is 5.57 Å². The Balaban J connectivity index is 1.73. The number of halogens is 3. The first-order chi connectivity index (χ1) is 17.0. The average molecular weight is 502 g/mol. The molecule has 7 heteroatoms. The summed E-state index contributed by atoms with van der Waals surface area (Å²) in [6.45, 7) is 5.47. The van der Waals surface area contributed by atoms with Gasteiger partial charge in [0, 0.05) is 36.0 Å². The molecule has 0 radical (unpaired) electrons. The zero-order valence-electron chi connectivity index (χ0n) is 20.9. The molecule has 2 unspecified atom stereocenters. The van der Waals surface area contributed by atoms with Crippen LogP contribution in [0, 0.1) is 5.41 Å². The minimum atomic E-state index is -4.44. The fraction of sp³-hybridized carbons (Fsp3) is 0.552. The number of rotatable bonds is 4. The largest absolute Gasteiger partial charge is 0.416 e. The molecule has 2 aliphatic carbocycles. The highest BCUT2D eigenvalue weighted by Gasteiger charge is 2.39. The summed E-state index contributed by atoms with van der Waals surface area (Å²) in [6, 6.07) is 4.74. The smallest absolute Gasteiger partial charge is 0.388 e.